The van der Waals surface area contributed by atoms with E-state index in [2.05, 4.69) is 15.2 Å². The van der Waals surface area contributed by atoms with Gasteiger partial charge in [-0.25, -0.2) is 4.98 Å². The van der Waals surface area contributed by atoms with Crippen LogP contribution in [0.15, 0.2) is 22.6 Å². The zero-order chi connectivity index (χ0) is 16.5. The molecule has 2 aliphatic rings. The van der Waals surface area contributed by atoms with Gasteiger partial charge in [0.15, 0.2) is 5.58 Å². The number of amides is 2. The van der Waals surface area contributed by atoms with Gasteiger partial charge in [-0.05, 0) is 50.0 Å². The number of likely N-dealkylation sites (tertiary alicyclic amines) is 1. The number of hydrogen-bond acceptors (Lipinski definition) is 6. The van der Waals surface area contributed by atoms with E-state index in [0.29, 0.717) is 6.42 Å². The lowest BCUT2D eigenvalue weighted by atomic mass is 10.1. The van der Waals surface area contributed by atoms with Gasteiger partial charge in [0.1, 0.15) is 5.52 Å². The SMILES string of the molecule is O=C1NC(=O)C(Cc2ccc3oc(CN4CCCCC4)nc3c2)S1. The van der Waals surface area contributed by atoms with Crippen molar-refractivity contribution in [1.29, 1.82) is 0 Å². The molecule has 2 fully saturated rings. The summed E-state index contributed by atoms with van der Waals surface area (Å²) in [5.41, 5.74) is 2.57. The number of rotatable bonds is 4. The first-order valence-corrected chi connectivity index (χ1v) is 9.17. The second-order valence-electron chi connectivity index (χ2n) is 6.33. The quantitative estimate of drug-likeness (QED) is 0.918. The van der Waals surface area contributed by atoms with Crippen molar-refractivity contribution in [3.63, 3.8) is 0 Å². The standard InChI is InChI=1S/C17H19N3O3S/c21-16-14(24-17(22)19-16)9-11-4-5-13-12(8-11)18-15(23-13)10-20-6-2-1-3-7-20/h4-5,8,14H,1-3,6-7,9-10H2,(H,19,21,22). The van der Waals surface area contributed by atoms with E-state index in [-0.39, 0.29) is 16.4 Å². The largest absolute Gasteiger partial charge is 0.439 e. The van der Waals surface area contributed by atoms with Gasteiger partial charge >= 0.3 is 0 Å². The Hall–Kier alpha value is -1.86. The van der Waals surface area contributed by atoms with E-state index in [9.17, 15) is 9.59 Å². The zero-order valence-corrected chi connectivity index (χ0v) is 14.1. The average molecular weight is 345 g/mol. The third kappa shape index (κ3) is 3.32. The van der Waals surface area contributed by atoms with Crippen LogP contribution in [0.5, 0.6) is 0 Å². The number of carbonyl (C=O) groups excluding carboxylic acids is 2. The number of fused-ring (bicyclic) bond motifs is 1. The van der Waals surface area contributed by atoms with Crippen LogP contribution < -0.4 is 5.32 Å². The third-order valence-corrected chi connectivity index (χ3v) is 5.47. The van der Waals surface area contributed by atoms with Crippen molar-refractivity contribution in [3.8, 4) is 0 Å². The molecule has 0 aliphatic carbocycles. The number of oxazole rings is 1. The van der Waals surface area contributed by atoms with E-state index in [0.717, 1.165) is 54.0 Å². The fourth-order valence-electron chi connectivity index (χ4n) is 3.27. The van der Waals surface area contributed by atoms with Crippen LogP contribution in [0, 0.1) is 0 Å². The van der Waals surface area contributed by atoms with E-state index >= 15 is 0 Å². The highest BCUT2D eigenvalue weighted by Crippen LogP contribution is 2.25. The van der Waals surface area contributed by atoms with Gasteiger partial charge in [0, 0.05) is 0 Å². The molecule has 0 saturated carbocycles. The second-order valence-corrected chi connectivity index (χ2v) is 7.51. The Morgan fingerprint density at radius 3 is 2.83 bits per heavy atom. The highest BCUT2D eigenvalue weighted by Gasteiger charge is 2.31. The molecule has 126 valence electrons. The fraction of sp³-hybridized carbons (Fsp3) is 0.471. The summed E-state index contributed by atoms with van der Waals surface area (Å²) < 4.78 is 5.84. The van der Waals surface area contributed by atoms with Crippen LogP contribution in [0.2, 0.25) is 0 Å². The number of hydrogen-bond donors (Lipinski definition) is 1. The lowest BCUT2D eigenvalue weighted by Gasteiger charge is -2.24. The molecular weight excluding hydrogens is 326 g/mol. The van der Waals surface area contributed by atoms with Gasteiger partial charge in [-0.3, -0.25) is 19.8 Å². The predicted octanol–water partition coefficient (Wildman–Crippen LogP) is 2.71. The summed E-state index contributed by atoms with van der Waals surface area (Å²) in [6, 6.07) is 5.79. The molecule has 1 unspecified atom stereocenters. The number of imide groups is 1. The monoisotopic (exact) mass is 345 g/mol. The molecular formula is C17H19N3O3S. The molecule has 1 atom stereocenters. The summed E-state index contributed by atoms with van der Waals surface area (Å²) in [6.07, 6.45) is 4.31. The molecule has 2 saturated heterocycles. The Balaban J connectivity index is 1.48. The molecule has 2 amide bonds. The number of aromatic nitrogens is 1. The zero-order valence-electron chi connectivity index (χ0n) is 13.3. The number of benzene rings is 1. The lowest BCUT2D eigenvalue weighted by Crippen LogP contribution is -2.29. The van der Waals surface area contributed by atoms with E-state index in [1.165, 1.54) is 19.3 Å². The summed E-state index contributed by atoms with van der Waals surface area (Å²) in [7, 11) is 0. The number of piperidine rings is 1. The van der Waals surface area contributed by atoms with Crippen molar-refractivity contribution in [3.05, 3.63) is 29.7 Å². The molecule has 0 radical (unpaired) electrons. The summed E-state index contributed by atoms with van der Waals surface area (Å²) in [6.45, 7) is 2.96. The normalized spacial score (nSPS) is 22.2. The van der Waals surface area contributed by atoms with E-state index in [1.54, 1.807) is 0 Å². The maximum atomic E-state index is 11.7. The minimum absolute atomic E-state index is 0.212. The Morgan fingerprint density at radius 1 is 1.25 bits per heavy atom. The number of thioether (sulfide) groups is 1. The molecule has 1 aromatic heterocycles. The van der Waals surface area contributed by atoms with Crippen LogP contribution in [-0.4, -0.2) is 39.4 Å². The highest BCUT2D eigenvalue weighted by molar-refractivity contribution is 8.15. The van der Waals surface area contributed by atoms with Crippen molar-refractivity contribution in [2.45, 2.75) is 37.5 Å². The summed E-state index contributed by atoms with van der Waals surface area (Å²) in [5, 5.41) is 1.70. The fourth-order valence-corrected chi connectivity index (χ4v) is 4.13. The maximum absolute atomic E-state index is 11.7. The minimum atomic E-state index is -0.352. The van der Waals surface area contributed by atoms with Crippen LogP contribution >= 0.6 is 11.8 Å². The number of carbonyl (C=O) groups is 2. The molecule has 3 heterocycles. The molecule has 6 nitrogen and oxygen atoms in total. The molecule has 24 heavy (non-hydrogen) atoms. The van der Waals surface area contributed by atoms with Crippen LogP contribution in [0.25, 0.3) is 11.1 Å². The van der Waals surface area contributed by atoms with Gasteiger partial charge in [-0.2, -0.15) is 0 Å². The molecule has 7 heteroatoms. The number of nitrogens with zero attached hydrogens (tertiary/aromatic N) is 2. The van der Waals surface area contributed by atoms with Gasteiger partial charge in [0.2, 0.25) is 11.8 Å². The van der Waals surface area contributed by atoms with Gasteiger partial charge in [0.05, 0.1) is 11.8 Å². The van der Waals surface area contributed by atoms with Crippen molar-refractivity contribution >= 4 is 34.0 Å². The molecule has 1 aromatic carbocycles. The molecule has 2 aromatic rings. The smallest absolute Gasteiger partial charge is 0.286 e. The predicted molar refractivity (Wildman–Crippen MR) is 91.8 cm³/mol. The average Bonchev–Trinajstić information content (AvgIpc) is 3.10. The third-order valence-electron chi connectivity index (χ3n) is 4.49. The van der Waals surface area contributed by atoms with Crippen molar-refractivity contribution in [2.24, 2.45) is 0 Å². The van der Waals surface area contributed by atoms with Gasteiger partial charge in [-0.1, -0.05) is 24.2 Å². The van der Waals surface area contributed by atoms with Crippen LogP contribution in [0.1, 0.15) is 30.7 Å². The van der Waals surface area contributed by atoms with Gasteiger partial charge < -0.3 is 4.42 Å². The Bertz CT molecular complexity index is 782. The van der Waals surface area contributed by atoms with Crippen LogP contribution in [-0.2, 0) is 17.8 Å². The molecule has 4 rings (SSSR count). The van der Waals surface area contributed by atoms with Crippen molar-refractivity contribution in [1.82, 2.24) is 15.2 Å². The maximum Gasteiger partial charge on any atom is 0.286 e. The van der Waals surface area contributed by atoms with E-state index < -0.39 is 0 Å². The van der Waals surface area contributed by atoms with E-state index in [4.69, 9.17) is 4.42 Å². The molecule has 1 N–H and O–H groups in total. The summed E-state index contributed by atoms with van der Waals surface area (Å²) in [5.74, 6) is 0.531. The first-order chi connectivity index (χ1) is 11.7. The first kappa shape index (κ1) is 15.7. The molecule has 0 spiro atoms. The van der Waals surface area contributed by atoms with Crippen LogP contribution in [0.4, 0.5) is 4.79 Å². The van der Waals surface area contributed by atoms with Gasteiger partial charge in [0.25, 0.3) is 5.24 Å². The van der Waals surface area contributed by atoms with Crippen LogP contribution in [0.3, 0.4) is 0 Å². The molecule has 2 aliphatic heterocycles. The Morgan fingerprint density at radius 2 is 2.08 bits per heavy atom. The first-order valence-electron chi connectivity index (χ1n) is 8.29. The van der Waals surface area contributed by atoms with Crippen molar-refractivity contribution < 1.29 is 14.0 Å². The highest BCUT2D eigenvalue weighted by atomic mass is 32.2. The second kappa shape index (κ2) is 6.57. The van der Waals surface area contributed by atoms with E-state index in [1.807, 2.05) is 18.2 Å². The lowest BCUT2D eigenvalue weighted by molar-refractivity contribution is -0.118. The minimum Gasteiger partial charge on any atom is -0.439 e. The Labute approximate surface area is 144 Å². The summed E-state index contributed by atoms with van der Waals surface area (Å²) >= 11 is 1.05. The van der Waals surface area contributed by atoms with Gasteiger partial charge in [-0.15, -0.1) is 0 Å². The Kier molecular flexibility index (Phi) is 4.28. The molecule has 0 bridgehead atoms. The summed E-state index contributed by atoms with van der Waals surface area (Å²) in [4.78, 5) is 29.9. The van der Waals surface area contributed by atoms with Crippen molar-refractivity contribution in [2.75, 3.05) is 13.1 Å². The number of nitrogens with one attached hydrogen (secondary N) is 1. The topological polar surface area (TPSA) is 75.4 Å².